The molecule has 610 valence electrons. The highest BCUT2D eigenvalue weighted by Gasteiger charge is 2.28. The van der Waals surface area contributed by atoms with Crippen molar-refractivity contribution in [2.24, 2.45) is 0 Å². The van der Waals surface area contributed by atoms with Crippen LogP contribution in [0.3, 0.4) is 0 Å². The van der Waals surface area contributed by atoms with Crippen molar-refractivity contribution in [1.29, 1.82) is 0 Å². The van der Waals surface area contributed by atoms with Gasteiger partial charge < -0.3 is 39.4 Å². The number of rotatable bonds is 34. The number of thioether (sulfide) groups is 1. The monoisotopic (exact) mass is 1550 g/mol. The van der Waals surface area contributed by atoms with Crippen LogP contribution in [-0.4, -0.2) is 89.4 Å². The molecule has 0 aliphatic rings. The lowest BCUT2D eigenvalue weighted by molar-refractivity contribution is -0.132. The summed E-state index contributed by atoms with van der Waals surface area (Å²) in [6.45, 7) is 51.5. The van der Waals surface area contributed by atoms with Gasteiger partial charge in [-0.15, -0.1) is 11.8 Å². The summed E-state index contributed by atoms with van der Waals surface area (Å²) in [4.78, 5) is 42.9. The van der Waals surface area contributed by atoms with Crippen LogP contribution in [-0.2, 0) is 66.5 Å². The second-order valence-corrected chi connectivity index (χ2v) is 32.4. The molecule has 0 unspecified atom stereocenters. The molecule has 4 aromatic rings. The average Bonchev–Trinajstić information content (AvgIpc) is 0.809. The minimum Gasteiger partial charge on any atom is -0.493 e. The Bertz CT molecular complexity index is 3980. The summed E-state index contributed by atoms with van der Waals surface area (Å²) >= 11 is 1.65. The molecule has 0 saturated carbocycles. The molecular formula is C95H131F3O12S. The molecule has 0 atom stereocenters. The van der Waals surface area contributed by atoms with Crippen molar-refractivity contribution in [1.82, 2.24) is 0 Å². The molecule has 4 N–H and O–H groups in total. The lowest BCUT2D eigenvalue weighted by atomic mass is 9.82. The van der Waals surface area contributed by atoms with Gasteiger partial charge in [0.25, 0.3) is 6.43 Å². The van der Waals surface area contributed by atoms with Gasteiger partial charge in [0.15, 0.2) is 0 Å². The van der Waals surface area contributed by atoms with E-state index in [4.69, 9.17) is 39.4 Å². The number of hydrogen-bond acceptors (Lipinski definition) is 9. The Kier molecular flexibility index (Phi) is 44.5. The molecule has 0 spiro atoms. The standard InChI is InChI=1S/C25H36O3.C24H33FO3.C23H30F2O3.C23H32O3S/c1-8-10-14-28-24-21(16-20(9-2)17-22(24)25(5,6)7)19(4)13-11-12-18(3)15-23(26)27;1-7-19-15-20(18(3)11-8-10-17(2)14-22(26)27)23(28-13-9-12-25)21(16-19)24(4,5)6;1-7-17-12-18(16(3)10-8-9-15(2)11-21(26)27)22(28-14-20(24)25)19(13-17)23(4,5)6;1-8-18-13-19(17(3)11-9-10-16(2)12-21(24)25)22(26-15-27-7)20(14-18)23(4,5)6/h11-13,15-17H,8-10,14H2,1-7H3,(H,26,27);8,10-11,14-16H,7,9,12-13H2,1-6H3,(H,26,27);8-13,20H,7,14H2,1-6H3,(H,26,27);9-14H,8,15H2,1-7H3,(H,24,25)/b12-11+,18-15+,19-13-;10-8+,17-14+,18-11-;9-8+,15-11+,16-10-;10-9+,16-12+,17-11-. The maximum atomic E-state index is 12.8. The summed E-state index contributed by atoms with van der Waals surface area (Å²) in [5.74, 6) is -0.0375. The number of carboxylic acid groups (broad SMARTS) is 4. The largest absolute Gasteiger partial charge is 0.493 e. The third-order valence-electron chi connectivity index (χ3n) is 17.3. The second kappa shape index (κ2) is 49.4. The smallest absolute Gasteiger partial charge is 0.328 e. The number of unbranched alkanes of at least 4 members (excludes halogenated alkanes) is 1. The second-order valence-electron chi connectivity index (χ2n) is 31.6. The van der Waals surface area contributed by atoms with E-state index in [1.54, 1.807) is 63.8 Å². The fourth-order valence-corrected chi connectivity index (χ4v) is 11.3. The Labute approximate surface area is 668 Å². The molecule has 4 aromatic carbocycles. The first-order valence-corrected chi connectivity index (χ1v) is 39.7. The van der Waals surface area contributed by atoms with Crippen molar-refractivity contribution in [3.63, 3.8) is 0 Å². The molecular weight excluding hydrogens is 1420 g/mol. The average molecular weight is 1550 g/mol. The van der Waals surface area contributed by atoms with Crippen LogP contribution in [0, 0.1) is 0 Å². The maximum Gasteiger partial charge on any atom is 0.328 e. The van der Waals surface area contributed by atoms with Gasteiger partial charge in [-0.05, 0) is 207 Å². The first-order valence-electron chi connectivity index (χ1n) is 38.3. The molecule has 16 heteroatoms. The Hall–Kier alpha value is -9.02. The molecule has 0 bridgehead atoms. The van der Waals surface area contributed by atoms with Crippen LogP contribution in [0.1, 0.15) is 259 Å². The van der Waals surface area contributed by atoms with Crippen molar-refractivity contribution in [3.05, 3.63) is 235 Å². The lowest BCUT2D eigenvalue weighted by Crippen LogP contribution is -2.17. The SMILES string of the molecule is CCCCOc1c(\C(C)=C/C=C/C(C)=C/C(=O)O)cc(CC)cc1C(C)(C)C.CCc1cc(\C(C)=C/C=C/C(C)=C/C(=O)O)c(OCC(F)F)c(C(C)(C)C)c1.CCc1cc(\C(C)=C/C=C/C(C)=C/C(=O)O)c(OCCCF)c(C(C)(C)C)c1.CCc1cc(\C(C)=C/C=C/C(C)=C/C(=O)O)c(OCSC)c(C(C)(C)C)c1. The van der Waals surface area contributed by atoms with Crippen molar-refractivity contribution in [3.8, 4) is 23.0 Å². The summed E-state index contributed by atoms with van der Waals surface area (Å²) in [6, 6.07) is 17.2. The number of allylic oxidation sites excluding steroid dienone is 20. The van der Waals surface area contributed by atoms with Crippen LogP contribution in [0.4, 0.5) is 13.2 Å². The highest BCUT2D eigenvalue weighted by Crippen LogP contribution is 2.43. The number of aliphatic carboxylic acids is 4. The van der Waals surface area contributed by atoms with E-state index in [1.165, 1.54) is 46.0 Å². The highest BCUT2D eigenvalue weighted by molar-refractivity contribution is 7.98. The van der Waals surface area contributed by atoms with Crippen LogP contribution in [0.15, 0.2) is 168 Å². The topological polar surface area (TPSA) is 186 Å². The van der Waals surface area contributed by atoms with E-state index in [0.29, 0.717) is 53.6 Å². The summed E-state index contributed by atoms with van der Waals surface area (Å²) in [5.41, 5.74) is 19.6. The van der Waals surface area contributed by atoms with E-state index in [0.717, 1.165) is 123 Å². The number of benzene rings is 4. The molecule has 0 saturated heterocycles. The first-order chi connectivity index (χ1) is 51.7. The van der Waals surface area contributed by atoms with E-state index in [1.807, 2.05) is 109 Å². The fraction of sp³-hybridized carbons (Fsp3) is 0.453. The zero-order valence-electron chi connectivity index (χ0n) is 71.5. The number of carbonyl (C=O) groups is 4. The van der Waals surface area contributed by atoms with Crippen molar-refractivity contribution >= 4 is 57.9 Å². The van der Waals surface area contributed by atoms with Crippen molar-refractivity contribution in [2.75, 3.05) is 38.7 Å². The van der Waals surface area contributed by atoms with E-state index in [2.05, 4.69) is 140 Å². The highest BCUT2D eigenvalue weighted by atomic mass is 32.2. The van der Waals surface area contributed by atoms with Gasteiger partial charge in [0, 0.05) is 75.2 Å². The number of alkyl halides is 3. The van der Waals surface area contributed by atoms with Crippen LogP contribution in [0.5, 0.6) is 23.0 Å². The van der Waals surface area contributed by atoms with E-state index in [-0.39, 0.29) is 21.7 Å². The number of aryl methyl sites for hydroxylation is 4. The number of ether oxygens (including phenoxy) is 4. The van der Waals surface area contributed by atoms with Crippen molar-refractivity contribution < 1.29 is 71.7 Å². The van der Waals surface area contributed by atoms with Crippen molar-refractivity contribution in [2.45, 2.75) is 246 Å². The fourth-order valence-electron chi connectivity index (χ4n) is 11.1. The number of halogens is 3. The predicted molar refractivity (Wildman–Crippen MR) is 462 cm³/mol. The summed E-state index contributed by atoms with van der Waals surface area (Å²) in [5, 5.41) is 35.2. The molecule has 0 aromatic heterocycles. The molecule has 12 nitrogen and oxygen atoms in total. The Morgan fingerprint density at radius 3 is 0.847 bits per heavy atom. The maximum absolute atomic E-state index is 12.8. The Morgan fingerprint density at radius 1 is 0.396 bits per heavy atom. The third kappa shape index (κ3) is 37.7. The van der Waals surface area contributed by atoms with Gasteiger partial charge in [0.2, 0.25) is 0 Å². The Morgan fingerprint density at radius 2 is 0.640 bits per heavy atom. The molecule has 0 amide bonds. The quantitative estimate of drug-likeness (QED) is 0.0150. The number of carboxylic acids is 4. The van der Waals surface area contributed by atoms with Gasteiger partial charge in [-0.25, -0.2) is 28.0 Å². The number of hydrogen-bond donors (Lipinski definition) is 4. The summed E-state index contributed by atoms with van der Waals surface area (Å²) in [7, 11) is 0. The molecule has 0 aliphatic carbocycles. The van der Waals surface area contributed by atoms with Gasteiger partial charge in [0.05, 0.1) is 19.9 Å². The van der Waals surface area contributed by atoms with Crippen LogP contribution < -0.4 is 18.9 Å². The van der Waals surface area contributed by atoms with E-state index >= 15 is 0 Å². The van der Waals surface area contributed by atoms with Crippen LogP contribution >= 0.6 is 11.8 Å². The zero-order chi connectivity index (χ0) is 84.7. The molecule has 0 heterocycles. The molecule has 111 heavy (non-hydrogen) atoms. The van der Waals surface area contributed by atoms with Gasteiger partial charge in [-0.1, -0.05) is 221 Å². The van der Waals surface area contributed by atoms with E-state index in [9.17, 15) is 32.3 Å². The summed E-state index contributed by atoms with van der Waals surface area (Å²) < 4.78 is 62.3. The normalized spacial score (nSPS) is 13.3. The van der Waals surface area contributed by atoms with Gasteiger partial charge >= 0.3 is 23.9 Å². The molecule has 0 aliphatic heterocycles. The van der Waals surface area contributed by atoms with Gasteiger partial charge in [0.1, 0.15) is 35.5 Å². The first kappa shape index (κ1) is 100.0. The lowest BCUT2D eigenvalue weighted by Gasteiger charge is -2.26. The van der Waals surface area contributed by atoms with Gasteiger partial charge in [-0.2, -0.15) is 0 Å². The predicted octanol–water partition coefficient (Wildman–Crippen LogP) is 25.4. The molecule has 0 fully saturated rings. The van der Waals surface area contributed by atoms with E-state index < -0.39 is 43.6 Å². The van der Waals surface area contributed by atoms with Gasteiger partial charge in [-0.3, -0.25) is 4.39 Å². The zero-order valence-corrected chi connectivity index (χ0v) is 72.3. The van der Waals surface area contributed by atoms with Crippen LogP contribution in [0.2, 0.25) is 0 Å². The Balaban J connectivity index is 0.000000740. The minimum atomic E-state index is -2.56. The summed E-state index contributed by atoms with van der Waals surface area (Å²) in [6.07, 6.45) is 32.5. The molecule has 4 rings (SSSR count). The third-order valence-corrected chi connectivity index (χ3v) is 17.7. The minimum absolute atomic E-state index is 0.0155. The van der Waals surface area contributed by atoms with Crippen LogP contribution in [0.25, 0.3) is 22.3 Å². The molecule has 0 radical (unpaired) electrons.